The predicted octanol–water partition coefficient (Wildman–Crippen LogP) is 3.58. The molecule has 1 aromatic rings. The highest BCUT2D eigenvalue weighted by molar-refractivity contribution is 6.29. The first-order chi connectivity index (χ1) is 7.27. The van der Waals surface area contributed by atoms with Gasteiger partial charge >= 0.3 is 6.18 Å². The first-order valence-electron chi connectivity index (χ1n) is 4.45. The fraction of sp³-hybridized carbons (Fsp3) is 0.273. The van der Waals surface area contributed by atoms with Crippen molar-refractivity contribution >= 4 is 11.6 Å². The number of halogens is 4. The molecule has 1 aromatic carbocycles. The Morgan fingerprint density at radius 3 is 2.12 bits per heavy atom. The Hall–Kier alpha value is -1.00. The topological polar surface area (TPSA) is 20.2 Å². The van der Waals surface area contributed by atoms with Crippen LogP contribution in [0.25, 0.3) is 0 Å². The summed E-state index contributed by atoms with van der Waals surface area (Å²) in [5.74, 6) is 0. The maximum absolute atomic E-state index is 12.8. The van der Waals surface area contributed by atoms with Gasteiger partial charge in [0.1, 0.15) is 0 Å². The molecule has 0 unspecified atom stereocenters. The lowest BCUT2D eigenvalue weighted by atomic mass is 9.90. The molecule has 88 valence electrons. The van der Waals surface area contributed by atoms with Gasteiger partial charge in [-0.2, -0.15) is 13.2 Å². The minimum absolute atomic E-state index is 0.246. The van der Waals surface area contributed by atoms with Crippen LogP contribution in [0.5, 0.6) is 0 Å². The average Bonchev–Trinajstić information content (AvgIpc) is 2.16. The quantitative estimate of drug-likeness (QED) is 0.869. The minimum Gasteiger partial charge on any atom is -0.376 e. The van der Waals surface area contributed by atoms with E-state index in [1.165, 1.54) is 24.3 Å². The minimum atomic E-state index is -4.80. The lowest BCUT2D eigenvalue weighted by Crippen LogP contribution is -2.42. The van der Waals surface area contributed by atoms with Gasteiger partial charge in [0, 0.05) is 11.5 Å². The SMILES string of the molecule is C=C(Cl)C[C@@](O)(c1ccccc1)C(F)(F)F. The molecule has 1 nitrogen and oxygen atoms in total. The molecule has 0 spiro atoms. The Morgan fingerprint density at radius 2 is 1.75 bits per heavy atom. The summed E-state index contributed by atoms with van der Waals surface area (Å²) in [4.78, 5) is 0. The van der Waals surface area contributed by atoms with Crippen molar-refractivity contribution in [2.75, 3.05) is 0 Å². The van der Waals surface area contributed by atoms with E-state index in [1.54, 1.807) is 6.07 Å². The summed E-state index contributed by atoms with van der Waals surface area (Å²) in [5.41, 5.74) is -3.23. The number of hydrogen-bond acceptors (Lipinski definition) is 1. The van der Waals surface area contributed by atoms with Gasteiger partial charge < -0.3 is 5.11 Å². The zero-order chi connectivity index (χ0) is 12.4. The van der Waals surface area contributed by atoms with Gasteiger partial charge in [0.25, 0.3) is 0 Å². The molecule has 0 saturated heterocycles. The summed E-state index contributed by atoms with van der Waals surface area (Å²) in [5, 5.41) is 9.47. The fourth-order valence-corrected chi connectivity index (χ4v) is 1.55. The van der Waals surface area contributed by atoms with Crippen LogP contribution in [0.3, 0.4) is 0 Å². The molecule has 1 atom stereocenters. The Morgan fingerprint density at radius 1 is 1.25 bits per heavy atom. The van der Waals surface area contributed by atoms with E-state index in [0.717, 1.165) is 0 Å². The summed E-state index contributed by atoms with van der Waals surface area (Å²) < 4.78 is 38.4. The highest BCUT2D eigenvalue weighted by atomic mass is 35.5. The van der Waals surface area contributed by atoms with Gasteiger partial charge in [-0.1, -0.05) is 48.5 Å². The van der Waals surface area contributed by atoms with Crippen LogP contribution < -0.4 is 0 Å². The van der Waals surface area contributed by atoms with E-state index in [-0.39, 0.29) is 10.6 Å². The molecule has 1 rings (SSSR count). The normalized spacial score (nSPS) is 15.6. The fourth-order valence-electron chi connectivity index (χ4n) is 1.36. The molecule has 16 heavy (non-hydrogen) atoms. The van der Waals surface area contributed by atoms with Crippen molar-refractivity contribution < 1.29 is 18.3 Å². The summed E-state index contributed by atoms with van der Waals surface area (Å²) in [6.45, 7) is 3.18. The molecule has 0 fully saturated rings. The highest BCUT2D eigenvalue weighted by Gasteiger charge is 2.54. The van der Waals surface area contributed by atoms with Gasteiger partial charge in [-0.15, -0.1) is 0 Å². The first kappa shape index (κ1) is 13.1. The van der Waals surface area contributed by atoms with E-state index in [2.05, 4.69) is 6.58 Å². The maximum Gasteiger partial charge on any atom is 0.421 e. The summed E-state index contributed by atoms with van der Waals surface area (Å²) in [6, 6.07) is 6.81. The zero-order valence-corrected chi connectivity index (χ0v) is 9.02. The van der Waals surface area contributed by atoms with Crippen LogP contribution in [0.2, 0.25) is 0 Å². The van der Waals surface area contributed by atoms with Gasteiger partial charge in [-0.25, -0.2) is 0 Å². The molecule has 0 aliphatic carbocycles. The van der Waals surface area contributed by atoms with Gasteiger partial charge in [0.05, 0.1) is 0 Å². The Labute approximate surface area is 96.2 Å². The first-order valence-corrected chi connectivity index (χ1v) is 4.83. The van der Waals surface area contributed by atoms with E-state index >= 15 is 0 Å². The Kier molecular flexibility index (Phi) is 3.65. The Balaban J connectivity index is 3.21. The number of hydrogen-bond donors (Lipinski definition) is 1. The second kappa shape index (κ2) is 4.47. The van der Waals surface area contributed by atoms with Crippen molar-refractivity contribution in [2.24, 2.45) is 0 Å². The molecule has 0 heterocycles. The maximum atomic E-state index is 12.8. The summed E-state index contributed by atoms with van der Waals surface area (Å²) in [6.07, 6.45) is -5.56. The predicted molar refractivity (Wildman–Crippen MR) is 56.0 cm³/mol. The molecule has 1 N–H and O–H groups in total. The van der Waals surface area contributed by atoms with Crippen molar-refractivity contribution in [1.82, 2.24) is 0 Å². The van der Waals surface area contributed by atoms with Crippen LogP contribution >= 0.6 is 11.6 Å². The summed E-state index contributed by atoms with van der Waals surface area (Å²) >= 11 is 5.36. The van der Waals surface area contributed by atoms with Gasteiger partial charge in [-0.3, -0.25) is 0 Å². The van der Waals surface area contributed by atoms with Gasteiger partial charge in [-0.05, 0) is 5.56 Å². The summed E-state index contributed by atoms with van der Waals surface area (Å²) in [7, 11) is 0. The van der Waals surface area contributed by atoms with Crippen molar-refractivity contribution in [3.05, 3.63) is 47.5 Å². The molecule has 5 heteroatoms. The standard InChI is InChI=1S/C11H10ClF3O/c1-8(12)7-10(16,11(13,14)15)9-5-3-2-4-6-9/h2-6,16H,1,7H2/t10-/m1/s1. The van der Waals surface area contributed by atoms with Gasteiger partial charge in [0.15, 0.2) is 5.60 Å². The molecule has 0 radical (unpaired) electrons. The van der Waals surface area contributed by atoms with Crippen LogP contribution in [0, 0.1) is 0 Å². The van der Waals surface area contributed by atoms with E-state index in [9.17, 15) is 18.3 Å². The van der Waals surface area contributed by atoms with Crippen LogP contribution in [0.15, 0.2) is 41.9 Å². The van der Waals surface area contributed by atoms with Crippen LogP contribution in [0.4, 0.5) is 13.2 Å². The van der Waals surface area contributed by atoms with Crippen LogP contribution in [0.1, 0.15) is 12.0 Å². The van der Waals surface area contributed by atoms with Crippen molar-refractivity contribution in [1.29, 1.82) is 0 Å². The Bertz CT molecular complexity index is 375. The van der Waals surface area contributed by atoms with E-state index in [4.69, 9.17) is 11.6 Å². The molecule has 0 bridgehead atoms. The molecular formula is C11H10ClF3O. The van der Waals surface area contributed by atoms with Crippen LogP contribution in [-0.4, -0.2) is 11.3 Å². The lowest BCUT2D eigenvalue weighted by Gasteiger charge is -2.30. The monoisotopic (exact) mass is 250 g/mol. The second-order valence-corrected chi connectivity index (χ2v) is 3.95. The number of aliphatic hydroxyl groups is 1. The van der Waals surface area contributed by atoms with Crippen LogP contribution in [-0.2, 0) is 5.60 Å². The lowest BCUT2D eigenvalue weighted by molar-refractivity contribution is -0.265. The third kappa shape index (κ3) is 2.57. The van der Waals surface area contributed by atoms with Crippen molar-refractivity contribution in [3.63, 3.8) is 0 Å². The second-order valence-electron chi connectivity index (χ2n) is 3.42. The third-order valence-corrected chi connectivity index (χ3v) is 2.30. The zero-order valence-electron chi connectivity index (χ0n) is 8.26. The van der Waals surface area contributed by atoms with Gasteiger partial charge in [0.2, 0.25) is 0 Å². The smallest absolute Gasteiger partial charge is 0.376 e. The molecule has 0 aliphatic heterocycles. The number of rotatable bonds is 3. The average molecular weight is 251 g/mol. The van der Waals surface area contributed by atoms with E-state index < -0.39 is 18.2 Å². The van der Waals surface area contributed by atoms with Crippen molar-refractivity contribution in [3.8, 4) is 0 Å². The number of alkyl halides is 3. The largest absolute Gasteiger partial charge is 0.421 e. The van der Waals surface area contributed by atoms with Crippen molar-refractivity contribution in [2.45, 2.75) is 18.2 Å². The highest BCUT2D eigenvalue weighted by Crippen LogP contribution is 2.43. The molecular weight excluding hydrogens is 241 g/mol. The number of benzene rings is 1. The van der Waals surface area contributed by atoms with E-state index in [0.29, 0.717) is 0 Å². The molecule has 0 saturated carbocycles. The van der Waals surface area contributed by atoms with E-state index in [1.807, 2.05) is 0 Å². The molecule has 0 aliphatic rings. The molecule has 0 amide bonds. The molecule has 0 aromatic heterocycles. The third-order valence-electron chi connectivity index (χ3n) is 2.17.